The fraction of sp³-hybridized carbons (Fsp3) is 0.483. The number of amides is 3. The fourth-order valence-corrected chi connectivity index (χ4v) is 6.23. The van der Waals surface area contributed by atoms with E-state index in [-0.39, 0.29) is 37.4 Å². The molecule has 0 saturated carbocycles. The molecule has 0 radical (unpaired) electrons. The van der Waals surface area contributed by atoms with Crippen LogP contribution in [0.3, 0.4) is 0 Å². The summed E-state index contributed by atoms with van der Waals surface area (Å²) in [6, 6.07) is 13.1. The molecule has 0 spiro atoms. The Morgan fingerprint density at radius 2 is 1.56 bits per heavy atom. The average Bonchev–Trinajstić information content (AvgIpc) is 2.87. The smallest absolute Gasteiger partial charge is 0.408 e. The highest BCUT2D eigenvalue weighted by Gasteiger charge is 2.43. The maximum Gasteiger partial charge on any atom is 0.408 e. The lowest BCUT2D eigenvalue weighted by molar-refractivity contribution is -0.135. The van der Waals surface area contributed by atoms with E-state index in [2.05, 4.69) is 10.6 Å². The number of alkyl carbamates (subject to hydrolysis) is 1. The van der Waals surface area contributed by atoms with E-state index in [1.54, 1.807) is 45.0 Å². The first kappa shape index (κ1) is 30.5. The van der Waals surface area contributed by atoms with Crippen LogP contribution in [0.25, 0.3) is 11.1 Å². The number of carbonyl (C=O) groups is 3. The van der Waals surface area contributed by atoms with Crippen LogP contribution in [-0.2, 0) is 35.5 Å². The molecule has 0 bridgehead atoms. The first-order valence-corrected chi connectivity index (χ1v) is 15.1. The molecular formula is C29H38N4O7S. The van der Waals surface area contributed by atoms with Crippen LogP contribution in [0, 0.1) is 0 Å². The summed E-state index contributed by atoms with van der Waals surface area (Å²) in [5.74, 6) is -1.23. The van der Waals surface area contributed by atoms with Crippen LogP contribution in [0.1, 0.15) is 45.6 Å². The minimum absolute atomic E-state index is 0.146. The average molecular weight is 587 g/mol. The summed E-state index contributed by atoms with van der Waals surface area (Å²) in [6.45, 7) is 6.80. The largest absolute Gasteiger partial charge is 0.444 e. The molecule has 1 atom stereocenters. The summed E-state index contributed by atoms with van der Waals surface area (Å²) in [5, 5.41) is 5.43. The van der Waals surface area contributed by atoms with Crippen LogP contribution >= 0.6 is 0 Å². The van der Waals surface area contributed by atoms with Gasteiger partial charge in [-0.1, -0.05) is 36.4 Å². The Labute approximate surface area is 240 Å². The molecule has 2 heterocycles. The van der Waals surface area contributed by atoms with E-state index in [1.165, 1.54) is 4.31 Å². The molecule has 1 unspecified atom stereocenters. The van der Waals surface area contributed by atoms with Gasteiger partial charge in [0.1, 0.15) is 17.2 Å². The van der Waals surface area contributed by atoms with E-state index in [0.717, 1.165) is 23.1 Å². The number of hydrogen-bond acceptors (Lipinski definition) is 7. The lowest BCUT2D eigenvalue weighted by Gasteiger charge is -2.37. The zero-order chi connectivity index (χ0) is 29.8. The van der Waals surface area contributed by atoms with Crippen LogP contribution in [-0.4, -0.2) is 74.1 Å². The number of primary amides is 1. The lowest BCUT2D eigenvalue weighted by Crippen LogP contribution is -2.64. The van der Waals surface area contributed by atoms with Crippen molar-refractivity contribution in [3.63, 3.8) is 0 Å². The SMILES string of the molecule is CC(C)(C)OC(=O)NC1(C(=O)NC(Cc2ccc(-c3ccc(S(=O)(=O)N4CCC4)cc3)cc2)C(N)=O)CCOCC1. The normalized spacial score (nSPS) is 18.0. The predicted molar refractivity (Wildman–Crippen MR) is 152 cm³/mol. The van der Waals surface area contributed by atoms with Crippen molar-refractivity contribution in [2.75, 3.05) is 26.3 Å². The first-order valence-electron chi connectivity index (χ1n) is 13.7. The van der Waals surface area contributed by atoms with Gasteiger partial charge in [-0.3, -0.25) is 9.59 Å². The molecule has 2 aliphatic rings. The zero-order valence-corrected chi connectivity index (χ0v) is 24.5. The van der Waals surface area contributed by atoms with Gasteiger partial charge >= 0.3 is 6.09 Å². The highest BCUT2D eigenvalue weighted by molar-refractivity contribution is 7.89. The number of carbonyl (C=O) groups excluding carboxylic acids is 3. The Kier molecular flexibility index (Phi) is 9.05. The first-order chi connectivity index (χ1) is 19.3. The van der Waals surface area contributed by atoms with Gasteiger partial charge in [-0.05, 0) is 56.0 Å². The van der Waals surface area contributed by atoms with E-state index < -0.39 is 45.1 Å². The molecule has 2 saturated heterocycles. The third-order valence-electron chi connectivity index (χ3n) is 7.20. The van der Waals surface area contributed by atoms with Crippen molar-refractivity contribution in [1.29, 1.82) is 0 Å². The molecule has 11 nitrogen and oxygen atoms in total. The van der Waals surface area contributed by atoms with Gasteiger partial charge in [0.25, 0.3) is 0 Å². The van der Waals surface area contributed by atoms with Crippen LogP contribution in [0.2, 0.25) is 0 Å². The molecule has 0 aromatic heterocycles. The van der Waals surface area contributed by atoms with Gasteiger partial charge in [0.15, 0.2) is 0 Å². The molecule has 0 aliphatic carbocycles. The second-order valence-electron chi connectivity index (χ2n) is 11.4. The van der Waals surface area contributed by atoms with Crippen LogP contribution in [0.4, 0.5) is 4.79 Å². The third-order valence-corrected chi connectivity index (χ3v) is 9.12. The minimum Gasteiger partial charge on any atom is -0.444 e. The molecule has 2 aromatic carbocycles. The van der Waals surface area contributed by atoms with Crippen molar-refractivity contribution in [1.82, 2.24) is 14.9 Å². The Hall–Kier alpha value is -3.48. The summed E-state index contributed by atoms with van der Waals surface area (Å²) in [7, 11) is -3.45. The Balaban J connectivity index is 1.43. The Morgan fingerprint density at radius 1 is 1.00 bits per heavy atom. The summed E-state index contributed by atoms with van der Waals surface area (Å²) in [6.07, 6.45) is 0.732. The Morgan fingerprint density at radius 3 is 2.05 bits per heavy atom. The summed E-state index contributed by atoms with van der Waals surface area (Å²) in [4.78, 5) is 38.6. The Bertz CT molecular complexity index is 1360. The highest BCUT2D eigenvalue weighted by atomic mass is 32.2. The number of hydrogen-bond donors (Lipinski definition) is 3. The maximum atomic E-state index is 13.4. The van der Waals surface area contributed by atoms with Crippen molar-refractivity contribution in [3.05, 3.63) is 54.1 Å². The van der Waals surface area contributed by atoms with Crippen molar-refractivity contribution >= 4 is 27.9 Å². The standard InChI is InChI=1S/C29H38N4O7S/c1-28(2,3)40-27(36)32-29(13-17-39-18-14-29)26(35)31-24(25(30)34)19-20-5-7-21(8-6-20)22-9-11-23(12-10-22)41(37,38)33-15-4-16-33/h5-12,24H,4,13-19H2,1-3H3,(H2,30,34)(H,31,35)(H,32,36). The molecule has 12 heteroatoms. The quantitative estimate of drug-likeness (QED) is 0.407. The lowest BCUT2D eigenvalue weighted by atomic mass is 9.88. The molecule has 2 fully saturated rings. The van der Waals surface area contributed by atoms with E-state index in [9.17, 15) is 22.8 Å². The monoisotopic (exact) mass is 586 g/mol. The molecule has 3 amide bonds. The van der Waals surface area contributed by atoms with E-state index in [4.69, 9.17) is 15.2 Å². The number of rotatable bonds is 9. The van der Waals surface area contributed by atoms with E-state index >= 15 is 0 Å². The van der Waals surface area contributed by atoms with Crippen molar-refractivity contribution in [2.45, 2.75) is 68.5 Å². The number of ether oxygens (including phenoxy) is 2. The van der Waals surface area contributed by atoms with Crippen molar-refractivity contribution in [3.8, 4) is 11.1 Å². The van der Waals surface area contributed by atoms with Gasteiger partial charge in [-0.25, -0.2) is 13.2 Å². The molecule has 4 N–H and O–H groups in total. The minimum atomic E-state index is -3.45. The topological polar surface area (TPSA) is 157 Å². The van der Waals surface area contributed by atoms with Crippen LogP contribution in [0.15, 0.2) is 53.4 Å². The summed E-state index contributed by atoms with van der Waals surface area (Å²) >= 11 is 0. The van der Waals surface area contributed by atoms with E-state index in [1.807, 2.05) is 24.3 Å². The summed E-state index contributed by atoms with van der Waals surface area (Å²) < 4.78 is 37.4. The van der Waals surface area contributed by atoms with Gasteiger partial charge in [0, 0.05) is 45.6 Å². The number of nitrogens with two attached hydrogens (primary N) is 1. The number of benzene rings is 2. The second-order valence-corrected chi connectivity index (χ2v) is 13.4. The van der Waals surface area contributed by atoms with Crippen molar-refractivity contribution in [2.24, 2.45) is 5.73 Å². The number of sulfonamides is 1. The molecule has 222 valence electrons. The van der Waals surface area contributed by atoms with Gasteiger partial charge in [0.2, 0.25) is 21.8 Å². The number of nitrogens with one attached hydrogen (secondary N) is 2. The van der Waals surface area contributed by atoms with Crippen LogP contribution < -0.4 is 16.4 Å². The van der Waals surface area contributed by atoms with Crippen LogP contribution in [0.5, 0.6) is 0 Å². The summed E-state index contributed by atoms with van der Waals surface area (Å²) in [5.41, 5.74) is 6.07. The van der Waals surface area contributed by atoms with Crippen molar-refractivity contribution < 1.29 is 32.3 Å². The maximum absolute atomic E-state index is 13.4. The fourth-order valence-electron chi connectivity index (χ4n) is 4.71. The third kappa shape index (κ3) is 7.43. The van der Waals surface area contributed by atoms with Gasteiger partial charge in [-0.2, -0.15) is 4.31 Å². The van der Waals surface area contributed by atoms with E-state index in [0.29, 0.717) is 13.1 Å². The van der Waals surface area contributed by atoms with Gasteiger partial charge in [-0.15, -0.1) is 0 Å². The molecule has 4 rings (SSSR count). The van der Waals surface area contributed by atoms with Gasteiger partial charge < -0.3 is 25.8 Å². The second kappa shape index (κ2) is 12.2. The van der Waals surface area contributed by atoms with Gasteiger partial charge in [0.05, 0.1) is 4.90 Å². The molecular weight excluding hydrogens is 548 g/mol. The predicted octanol–water partition coefficient (Wildman–Crippen LogP) is 2.33. The molecule has 2 aliphatic heterocycles. The zero-order valence-electron chi connectivity index (χ0n) is 23.6. The number of nitrogens with zero attached hydrogens (tertiary/aromatic N) is 1. The molecule has 2 aromatic rings. The molecule has 41 heavy (non-hydrogen) atoms. The highest BCUT2D eigenvalue weighted by Crippen LogP contribution is 2.26.